The number of amides is 1. The first-order valence-corrected chi connectivity index (χ1v) is 6.26. The van der Waals surface area contributed by atoms with Gasteiger partial charge in [-0.25, -0.2) is 0 Å². The minimum Gasteiger partial charge on any atom is -0.389 e. The molecule has 0 aliphatic carbocycles. The van der Waals surface area contributed by atoms with Gasteiger partial charge in [-0.15, -0.1) is 0 Å². The van der Waals surface area contributed by atoms with Crippen LogP contribution in [0.25, 0.3) is 0 Å². The van der Waals surface area contributed by atoms with E-state index in [4.69, 9.17) is 0 Å². The molecule has 1 unspecified atom stereocenters. The summed E-state index contributed by atoms with van der Waals surface area (Å²) in [5, 5.41) is 13.0. The summed E-state index contributed by atoms with van der Waals surface area (Å²) in [5.41, 5.74) is -0.694. The maximum absolute atomic E-state index is 11.7. The molecular weight excluding hydrogens is 204 g/mol. The van der Waals surface area contributed by atoms with Crippen LogP contribution < -0.4 is 5.32 Å². The number of carbonyl (C=O) groups excluding carboxylic acids is 1. The first-order chi connectivity index (χ1) is 7.55. The summed E-state index contributed by atoms with van der Waals surface area (Å²) < 4.78 is 0. The molecule has 4 nitrogen and oxygen atoms in total. The molecule has 1 aliphatic heterocycles. The molecule has 1 fully saturated rings. The van der Waals surface area contributed by atoms with Crippen LogP contribution in [0.15, 0.2) is 0 Å². The normalized spacial score (nSPS) is 19.8. The Morgan fingerprint density at radius 2 is 2.06 bits per heavy atom. The van der Waals surface area contributed by atoms with Gasteiger partial charge in [0.15, 0.2) is 0 Å². The number of aliphatic hydroxyl groups is 1. The zero-order valence-corrected chi connectivity index (χ0v) is 10.5. The third-order valence-electron chi connectivity index (χ3n) is 3.03. The predicted octanol–water partition coefficient (Wildman–Crippen LogP) is 0.749. The van der Waals surface area contributed by atoms with E-state index < -0.39 is 5.60 Å². The monoisotopic (exact) mass is 228 g/mol. The number of rotatable bonds is 6. The van der Waals surface area contributed by atoms with Crippen LogP contribution in [0.2, 0.25) is 0 Å². The van der Waals surface area contributed by atoms with Gasteiger partial charge in [0, 0.05) is 19.6 Å². The maximum atomic E-state index is 11.7. The molecule has 0 spiro atoms. The lowest BCUT2D eigenvalue weighted by Crippen LogP contribution is -2.43. The van der Waals surface area contributed by atoms with Crippen molar-refractivity contribution in [2.45, 2.75) is 45.1 Å². The Kier molecular flexibility index (Phi) is 5.22. The summed E-state index contributed by atoms with van der Waals surface area (Å²) in [6.45, 7) is 6.48. The van der Waals surface area contributed by atoms with Gasteiger partial charge in [0.1, 0.15) is 0 Å². The van der Waals surface area contributed by atoms with Crippen LogP contribution in [0.5, 0.6) is 0 Å². The van der Waals surface area contributed by atoms with Crippen LogP contribution in [0.4, 0.5) is 0 Å². The highest BCUT2D eigenvalue weighted by molar-refractivity contribution is 5.78. The van der Waals surface area contributed by atoms with Crippen LogP contribution in [0.1, 0.15) is 39.5 Å². The van der Waals surface area contributed by atoms with Crippen molar-refractivity contribution in [1.29, 1.82) is 0 Å². The molecule has 0 saturated carbocycles. The maximum Gasteiger partial charge on any atom is 0.236 e. The van der Waals surface area contributed by atoms with Crippen LogP contribution >= 0.6 is 0 Å². The van der Waals surface area contributed by atoms with Gasteiger partial charge in [0.2, 0.25) is 5.91 Å². The standard InChI is InChI=1S/C12H24N2O2/c1-3-6-12(2,16)10-13-9-11(15)14-7-4-5-8-14/h13,16H,3-10H2,1-2H3. The predicted molar refractivity (Wildman–Crippen MR) is 64.2 cm³/mol. The molecule has 1 amide bonds. The summed E-state index contributed by atoms with van der Waals surface area (Å²) in [4.78, 5) is 13.6. The molecule has 1 saturated heterocycles. The highest BCUT2D eigenvalue weighted by Gasteiger charge is 2.21. The zero-order chi connectivity index (χ0) is 12.0. The Bertz CT molecular complexity index is 223. The number of hydrogen-bond acceptors (Lipinski definition) is 3. The largest absolute Gasteiger partial charge is 0.389 e. The SMILES string of the molecule is CCCC(C)(O)CNCC(=O)N1CCCC1. The fraction of sp³-hybridized carbons (Fsp3) is 0.917. The van der Waals surface area contributed by atoms with Crippen molar-refractivity contribution in [3.05, 3.63) is 0 Å². The number of carbonyl (C=O) groups is 1. The van der Waals surface area contributed by atoms with Crippen LogP contribution in [-0.2, 0) is 4.79 Å². The average molecular weight is 228 g/mol. The molecule has 0 bridgehead atoms. The minimum atomic E-state index is -0.694. The number of nitrogens with one attached hydrogen (secondary N) is 1. The lowest BCUT2D eigenvalue weighted by Gasteiger charge is -2.23. The Morgan fingerprint density at radius 3 is 2.62 bits per heavy atom. The molecule has 1 rings (SSSR count). The van der Waals surface area contributed by atoms with E-state index in [9.17, 15) is 9.90 Å². The lowest BCUT2D eigenvalue weighted by atomic mass is 10.0. The molecule has 4 heteroatoms. The second-order valence-electron chi connectivity index (χ2n) is 4.94. The van der Waals surface area contributed by atoms with Gasteiger partial charge < -0.3 is 15.3 Å². The molecule has 0 radical (unpaired) electrons. The third kappa shape index (κ3) is 4.49. The summed E-state index contributed by atoms with van der Waals surface area (Å²) in [6.07, 6.45) is 3.96. The van der Waals surface area contributed by atoms with Crippen molar-refractivity contribution in [3.63, 3.8) is 0 Å². The van der Waals surface area contributed by atoms with E-state index in [1.165, 1.54) is 0 Å². The smallest absolute Gasteiger partial charge is 0.236 e. The quantitative estimate of drug-likeness (QED) is 0.705. The average Bonchev–Trinajstić information content (AvgIpc) is 2.69. The number of nitrogens with zero attached hydrogens (tertiary/aromatic N) is 1. The summed E-state index contributed by atoms with van der Waals surface area (Å²) >= 11 is 0. The summed E-state index contributed by atoms with van der Waals surface area (Å²) in [7, 11) is 0. The Balaban J connectivity index is 2.16. The first-order valence-electron chi connectivity index (χ1n) is 6.26. The van der Waals surface area contributed by atoms with Crippen molar-refractivity contribution in [3.8, 4) is 0 Å². The van der Waals surface area contributed by atoms with E-state index in [1.807, 2.05) is 18.7 Å². The minimum absolute atomic E-state index is 0.157. The molecule has 94 valence electrons. The molecule has 0 aromatic heterocycles. The highest BCUT2D eigenvalue weighted by atomic mass is 16.3. The second-order valence-corrected chi connectivity index (χ2v) is 4.94. The van der Waals surface area contributed by atoms with Crippen molar-refractivity contribution >= 4 is 5.91 Å². The van der Waals surface area contributed by atoms with Gasteiger partial charge in [0.05, 0.1) is 12.1 Å². The third-order valence-corrected chi connectivity index (χ3v) is 3.03. The van der Waals surface area contributed by atoms with Crippen molar-refractivity contribution in [1.82, 2.24) is 10.2 Å². The molecule has 16 heavy (non-hydrogen) atoms. The second kappa shape index (κ2) is 6.21. The summed E-state index contributed by atoms with van der Waals surface area (Å²) in [6, 6.07) is 0. The van der Waals surface area contributed by atoms with Crippen LogP contribution in [-0.4, -0.2) is 47.7 Å². The van der Waals surface area contributed by atoms with Crippen LogP contribution in [0, 0.1) is 0 Å². The van der Waals surface area contributed by atoms with Crippen molar-refractivity contribution in [2.24, 2.45) is 0 Å². The molecule has 1 atom stereocenters. The molecule has 1 heterocycles. The topological polar surface area (TPSA) is 52.6 Å². The van der Waals surface area contributed by atoms with Gasteiger partial charge in [-0.05, 0) is 26.2 Å². The van der Waals surface area contributed by atoms with Gasteiger partial charge >= 0.3 is 0 Å². The molecular formula is C12H24N2O2. The van der Waals surface area contributed by atoms with Crippen molar-refractivity contribution < 1.29 is 9.90 Å². The zero-order valence-electron chi connectivity index (χ0n) is 10.5. The molecule has 1 aliphatic rings. The van der Waals surface area contributed by atoms with Gasteiger partial charge in [-0.3, -0.25) is 4.79 Å². The van der Waals surface area contributed by atoms with Crippen LogP contribution in [0.3, 0.4) is 0 Å². The fourth-order valence-corrected chi connectivity index (χ4v) is 2.14. The van der Waals surface area contributed by atoms with E-state index in [0.29, 0.717) is 13.1 Å². The van der Waals surface area contributed by atoms with E-state index in [0.717, 1.165) is 38.8 Å². The molecule has 2 N–H and O–H groups in total. The first kappa shape index (κ1) is 13.5. The molecule has 0 aromatic rings. The van der Waals surface area contributed by atoms with Gasteiger partial charge in [-0.2, -0.15) is 0 Å². The fourth-order valence-electron chi connectivity index (χ4n) is 2.14. The van der Waals surface area contributed by atoms with Gasteiger partial charge in [0.25, 0.3) is 0 Å². The Hall–Kier alpha value is -0.610. The van der Waals surface area contributed by atoms with Crippen molar-refractivity contribution in [2.75, 3.05) is 26.2 Å². The van der Waals surface area contributed by atoms with E-state index in [2.05, 4.69) is 5.32 Å². The number of hydrogen-bond donors (Lipinski definition) is 2. The van der Waals surface area contributed by atoms with Gasteiger partial charge in [-0.1, -0.05) is 13.3 Å². The summed E-state index contributed by atoms with van der Waals surface area (Å²) in [5.74, 6) is 0.157. The lowest BCUT2D eigenvalue weighted by molar-refractivity contribution is -0.129. The van der Waals surface area contributed by atoms with E-state index >= 15 is 0 Å². The highest BCUT2D eigenvalue weighted by Crippen LogP contribution is 2.10. The van der Waals surface area contributed by atoms with E-state index in [1.54, 1.807) is 0 Å². The van der Waals surface area contributed by atoms with E-state index in [-0.39, 0.29) is 5.91 Å². The Labute approximate surface area is 98.0 Å². The Morgan fingerprint density at radius 1 is 1.44 bits per heavy atom. The number of likely N-dealkylation sites (tertiary alicyclic amines) is 1. The molecule has 0 aromatic carbocycles.